The van der Waals surface area contributed by atoms with E-state index >= 15 is 0 Å². The summed E-state index contributed by atoms with van der Waals surface area (Å²) in [5, 5.41) is 3.37. The standard InChI is InChI=1S/C14H17N3/c1-11-13(12-5-3-2-4-6-12)17-14(16-11)7-9-15-10-8-14/h2-6,15H,7-10H2,1H3. The first kappa shape index (κ1) is 10.7. The molecular formula is C14H17N3. The average Bonchev–Trinajstić information content (AvgIpc) is 2.68. The van der Waals surface area contributed by atoms with Gasteiger partial charge in [0.15, 0.2) is 5.66 Å². The Morgan fingerprint density at radius 3 is 2.47 bits per heavy atom. The van der Waals surface area contributed by atoms with Gasteiger partial charge in [0.2, 0.25) is 0 Å². The molecule has 2 aliphatic heterocycles. The highest BCUT2D eigenvalue weighted by atomic mass is 15.2. The lowest BCUT2D eigenvalue weighted by atomic mass is 10.0. The highest BCUT2D eigenvalue weighted by Gasteiger charge is 2.35. The fourth-order valence-electron chi connectivity index (χ4n) is 2.60. The first-order valence-corrected chi connectivity index (χ1v) is 6.22. The van der Waals surface area contributed by atoms with E-state index in [0.29, 0.717) is 0 Å². The number of nitrogens with one attached hydrogen (secondary N) is 1. The van der Waals surface area contributed by atoms with Crippen molar-refractivity contribution in [3.8, 4) is 0 Å². The zero-order valence-corrected chi connectivity index (χ0v) is 10.1. The molecule has 1 spiro atoms. The molecule has 2 heterocycles. The number of rotatable bonds is 1. The van der Waals surface area contributed by atoms with Gasteiger partial charge in [0, 0.05) is 18.4 Å². The van der Waals surface area contributed by atoms with Crippen LogP contribution in [-0.2, 0) is 0 Å². The molecule has 0 saturated carbocycles. The molecule has 0 radical (unpaired) electrons. The predicted octanol–water partition coefficient (Wildman–Crippen LogP) is 2.03. The molecule has 0 bridgehead atoms. The van der Waals surface area contributed by atoms with Gasteiger partial charge in [0.25, 0.3) is 0 Å². The Bertz CT molecular complexity index is 468. The fourth-order valence-corrected chi connectivity index (χ4v) is 2.60. The van der Waals surface area contributed by atoms with E-state index in [0.717, 1.165) is 37.4 Å². The molecule has 0 aromatic heterocycles. The molecule has 1 aromatic carbocycles. The maximum atomic E-state index is 4.90. The summed E-state index contributed by atoms with van der Waals surface area (Å²) in [6, 6.07) is 10.4. The molecule has 0 unspecified atom stereocenters. The molecule has 17 heavy (non-hydrogen) atoms. The quantitative estimate of drug-likeness (QED) is 0.783. The number of hydrogen-bond acceptors (Lipinski definition) is 3. The molecular weight excluding hydrogens is 210 g/mol. The molecule has 1 saturated heterocycles. The molecule has 0 aliphatic carbocycles. The van der Waals surface area contributed by atoms with Crippen molar-refractivity contribution in [3.05, 3.63) is 35.9 Å². The smallest absolute Gasteiger partial charge is 0.153 e. The molecule has 0 amide bonds. The van der Waals surface area contributed by atoms with Gasteiger partial charge in [-0.25, -0.2) is 0 Å². The fraction of sp³-hybridized carbons (Fsp3) is 0.429. The lowest BCUT2D eigenvalue weighted by Crippen LogP contribution is -2.38. The Balaban J connectivity index is 1.97. The maximum absolute atomic E-state index is 4.90. The molecule has 1 aromatic rings. The van der Waals surface area contributed by atoms with Gasteiger partial charge in [0.1, 0.15) is 0 Å². The summed E-state index contributed by atoms with van der Waals surface area (Å²) in [7, 11) is 0. The molecule has 0 atom stereocenters. The Labute approximate surface area is 102 Å². The Morgan fingerprint density at radius 1 is 1.06 bits per heavy atom. The third-order valence-corrected chi connectivity index (χ3v) is 3.49. The predicted molar refractivity (Wildman–Crippen MR) is 70.9 cm³/mol. The summed E-state index contributed by atoms with van der Waals surface area (Å²) in [6.45, 7) is 4.10. The van der Waals surface area contributed by atoms with Gasteiger partial charge in [0.05, 0.1) is 11.4 Å². The third kappa shape index (κ3) is 1.91. The van der Waals surface area contributed by atoms with E-state index < -0.39 is 0 Å². The van der Waals surface area contributed by atoms with Crippen molar-refractivity contribution in [2.75, 3.05) is 13.1 Å². The second-order valence-electron chi connectivity index (χ2n) is 4.76. The van der Waals surface area contributed by atoms with E-state index in [2.05, 4.69) is 36.5 Å². The third-order valence-electron chi connectivity index (χ3n) is 3.49. The van der Waals surface area contributed by atoms with Crippen LogP contribution in [0.25, 0.3) is 0 Å². The largest absolute Gasteiger partial charge is 0.316 e. The normalized spacial score (nSPS) is 22.4. The van der Waals surface area contributed by atoms with Crippen LogP contribution in [0.5, 0.6) is 0 Å². The van der Waals surface area contributed by atoms with Gasteiger partial charge >= 0.3 is 0 Å². The second kappa shape index (κ2) is 4.08. The topological polar surface area (TPSA) is 36.8 Å². The van der Waals surface area contributed by atoms with Crippen LogP contribution in [-0.4, -0.2) is 30.2 Å². The van der Waals surface area contributed by atoms with Crippen molar-refractivity contribution < 1.29 is 0 Å². The van der Waals surface area contributed by atoms with Gasteiger partial charge in [-0.15, -0.1) is 0 Å². The van der Waals surface area contributed by atoms with Crippen molar-refractivity contribution in [3.63, 3.8) is 0 Å². The zero-order valence-electron chi connectivity index (χ0n) is 10.1. The minimum absolute atomic E-state index is 0.166. The summed E-state index contributed by atoms with van der Waals surface area (Å²) in [4.78, 5) is 9.71. The molecule has 1 N–H and O–H groups in total. The van der Waals surface area contributed by atoms with Crippen molar-refractivity contribution >= 4 is 11.4 Å². The van der Waals surface area contributed by atoms with Crippen LogP contribution in [0.1, 0.15) is 25.3 Å². The lowest BCUT2D eigenvalue weighted by molar-refractivity contribution is 0.331. The average molecular weight is 227 g/mol. The highest BCUT2D eigenvalue weighted by molar-refractivity contribution is 6.48. The van der Waals surface area contributed by atoms with Crippen molar-refractivity contribution in [1.82, 2.24) is 5.32 Å². The first-order chi connectivity index (χ1) is 8.29. The summed E-state index contributed by atoms with van der Waals surface area (Å²) >= 11 is 0. The van der Waals surface area contributed by atoms with Crippen LogP contribution < -0.4 is 5.32 Å². The van der Waals surface area contributed by atoms with Crippen LogP contribution in [0.4, 0.5) is 0 Å². The second-order valence-corrected chi connectivity index (χ2v) is 4.76. The molecule has 1 fully saturated rings. The van der Waals surface area contributed by atoms with Crippen LogP contribution in [0.3, 0.4) is 0 Å². The van der Waals surface area contributed by atoms with Gasteiger partial charge in [-0.2, -0.15) is 0 Å². The van der Waals surface area contributed by atoms with Gasteiger partial charge in [-0.05, 0) is 20.0 Å². The number of hydrogen-bond donors (Lipinski definition) is 1. The highest BCUT2D eigenvalue weighted by Crippen LogP contribution is 2.30. The molecule has 88 valence electrons. The number of benzene rings is 1. The summed E-state index contributed by atoms with van der Waals surface area (Å²) in [5.41, 5.74) is 3.18. The van der Waals surface area contributed by atoms with Crippen molar-refractivity contribution in [2.45, 2.75) is 25.4 Å². The number of nitrogens with zero attached hydrogens (tertiary/aromatic N) is 2. The molecule has 3 nitrogen and oxygen atoms in total. The van der Waals surface area contributed by atoms with Gasteiger partial charge in [-0.1, -0.05) is 30.3 Å². The monoisotopic (exact) mass is 227 g/mol. The van der Waals surface area contributed by atoms with E-state index in [1.807, 2.05) is 6.07 Å². The van der Waals surface area contributed by atoms with E-state index in [1.165, 1.54) is 5.56 Å². The van der Waals surface area contributed by atoms with E-state index in [1.54, 1.807) is 0 Å². The molecule has 2 aliphatic rings. The minimum atomic E-state index is -0.166. The Morgan fingerprint density at radius 2 is 1.76 bits per heavy atom. The van der Waals surface area contributed by atoms with E-state index in [-0.39, 0.29) is 5.66 Å². The molecule has 3 rings (SSSR count). The Kier molecular flexibility index (Phi) is 2.56. The summed E-state index contributed by atoms with van der Waals surface area (Å²) in [6.07, 6.45) is 2.03. The zero-order chi connectivity index (χ0) is 11.7. The van der Waals surface area contributed by atoms with Crippen LogP contribution in [0.15, 0.2) is 40.3 Å². The Hall–Kier alpha value is -1.48. The van der Waals surface area contributed by atoms with Crippen LogP contribution in [0, 0.1) is 0 Å². The van der Waals surface area contributed by atoms with E-state index in [9.17, 15) is 0 Å². The first-order valence-electron chi connectivity index (χ1n) is 6.22. The van der Waals surface area contributed by atoms with Crippen LogP contribution >= 0.6 is 0 Å². The summed E-state index contributed by atoms with van der Waals surface area (Å²) < 4.78 is 0. The van der Waals surface area contributed by atoms with Gasteiger partial charge in [-0.3, -0.25) is 9.98 Å². The minimum Gasteiger partial charge on any atom is -0.316 e. The van der Waals surface area contributed by atoms with E-state index in [4.69, 9.17) is 9.98 Å². The summed E-state index contributed by atoms with van der Waals surface area (Å²) in [5.74, 6) is 0. The number of aliphatic imine (C=N–C) groups is 2. The van der Waals surface area contributed by atoms with Gasteiger partial charge < -0.3 is 5.32 Å². The lowest BCUT2D eigenvalue weighted by Gasteiger charge is -2.28. The molecule has 3 heteroatoms. The number of piperidine rings is 1. The SMILES string of the molecule is CC1=NC2(CCNCC2)N=C1c1ccccc1. The maximum Gasteiger partial charge on any atom is 0.153 e. The van der Waals surface area contributed by atoms with Crippen molar-refractivity contribution in [1.29, 1.82) is 0 Å². The van der Waals surface area contributed by atoms with Crippen LogP contribution in [0.2, 0.25) is 0 Å². The van der Waals surface area contributed by atoms with Crippen molar-refractivity contribution in [2.24, 2.45) is 9.98 Å².